The molecule has 2 aliphatic heterocycles. The molecule has 3 heteroatoms. The molecule has 1 fully saturated rings. The fourth-order valence-electron chi connectivity index (χ4n) is 2.16. The third kappa shape index (κ3) is 0.781. The predicted octanol–water partition coefficient (Wildman–Crippen LogP) is 1.49. The van der Waals surface area contributed by atoms with Crippen LogP contribution in [0.25, 0.3) is 0 Å². The summed E-state index contributed by atoms with van der Waals surface area (Å²) < 4.78 is 4.40. The van der Waals surface area contributed by atoms with Crippen LogP contribution < -0.4 is 5.32 Å². The van der Waals surface area contributed by atoms with Gasteiger partial charge < -0.3 is 5.32 Å². The lowest BCUT2D eigenvalue weighted by atomic mass is 10.0. The van der Waals surface area contributed by atoms with Gasteiger partial charge in [-0.2, -0.15) is 4.37 Å². The van der Waals surface area contributed by atoms with Crippen molar-refractivity contribution < 1.29 is 0 Å². The molecule has 2 aliphatic rings. The number of aromatic nitrogens is 1. The van der Waals surface area contributed by atoms with Crippen LogP contribution in [0.3, 0.4) is 0 Å². The molecule has 2 bridgehead atoms. The van der Waals surface area contributed by atoms with E-state index >= 15 is 0 Å². The zero-order valence-corrected chi connectivity index (χ0v) is 7.03. The van der Waals surface area contributed by atoms with Crippen LogP contribution in [0.4, 0.5) is 0 Å². The molecule has 0 spiro atoms. The Kier molecular flexibility index (Phi) is 1.14. The maximum atomic E-state index is 4.40. The first-order valence-electron chi connectivity index (χ1n) is 4.12. The Morgan fingerprint density at radius 1 is 1.55 bits per heavy atom. The summed E-state index contributed by atoms with van der Waals surface area (Å²) in [6, 6.07) is 1.37. The molecule has 1 saturated heterocycles. The minimum atomic E-state index is 0.641. The lowest BCUT2D eigenvalue weighted by Gasteiger charge is -2.19. The topological polar surface area (TPSA) is 24.9 Å². The molecule has 1 N–H and O–H groups in total. The van der Waals surface area contributed by atoms with E-state index in [-0.39, 0.29) is 0 Å². The molecule has 3 heterocycles. The van der Waals surface area contributed by atoms with Crippen LogP contribution in [0, 0.1) is 0 Å². The van der Waals surface area contributed by atoms with Gasteiger partial charge >= 0.3 is 0 Å². The molecule has 3 rings (SSSR count). The Bertz CT molecular complexity index is 281. The van der Waals surface area contributed by atoms with E-state index in [1.165, 1.54) is 24.1 Å². The molecule has 0 saturated carbocycles. The monoisotopic (exact) mass is 166 g/mol. The van der Waals surface area contributed by atoms with Crippen LogP contribution >= 0.6 is 11.5 Å². The molecular formula is C8H10N2S. The van der Waals surface area contributed by atoms with Gasteiger partial charge in [0.25, 0.3) is 0 Å². The van der Waals surface area contributed by atoms with Gasteiger partial charge in [-0.25, -0.2) is 0 Å². The fourth-order valence-corrected chi connectivity index (χ4v) is 2.94. The average molecular weight is 166 g/mol. The van der Waals surface area contributed by atoms with Gasteiger partial charge in [0.15, 0.2) is 0 Å². The van der Waals surface area contributed by atoms with Crippen molar-refractivity contribution in [1.29, 1.82) is 0 Å². The van der Waals surface area contributed by atoms with Gasteiger partial charge in [0.2, 0.25) is 0 Å². The van der Waals surface area contributed by atoms with Crippen LogP contribution in [0.15, 0.2) is 5.38 Å². The third-order valence-electron chi connectivity index (χ3n) is 2.73. The van der Waals surface area contributed by atoms with E-state index in [9.17, 15) is 0 Å². The maximum Gasteiger partial charge on any atom is 0.0605 e. The van der Waals surface area contributed by atoms with E-state index in [2.05, 4.69) is 15.1 Å². The molecule has 1 aromatic rings. The summed E-state index contributed by atoms with van der Waals surface area (Å²) in [6.07, 6.45) is 3.82. The summed E-state index contributed by atoms with van der Waals surface area (Å²) in [5.41, 5.74) is 2.84. The molecule has 2 nitrogen and oxygen atoms in total. The van der Waals surface area contributed by atoms with E-state index in [0.29, 0.717) is 6.04 Å². The highest BCUT2D eigenvalue weighted by Gasteiger charge is 2.33. The molecule has 0 amide bonds. The van der Waals surface area contributed by atoms with Gasteiger partial charge in [0.1, 0.15) is 0 Å². The summed E-state index contributed by atoms with van der Waals surface area (Å²) in [6.45, 7) is 0. The molecule has 2 atom stereocenters. The van der Waals surface area contributed by atoms with Crippen molar-refractivity contribution in [3.8, 4) is 0 Å². The normalized spacial score (nSPS) is 33.8. The highest BCUT2D eigenvalue weighted by atomic mass is 32.1. The number of hydrogen-bond donors (Lipinski definition) is 1. The maximum absolute atomic E-state index is 4.40. The highest BCUT2D eigenvalue weighted by Crippen LogP contribution is 2.35. The van der Waals surface area contributed by atoms with E-state index in [1.807, 2.05) is 0 Å². The summed E-state index contributed by atoms with van der Waals surface area (Å²) in [7, 11) is 0. The molecule has 0 aliphatic carbocycles. The number of rotatable bonds is 0. The first-order chi connectivity index (χ1) is 5.43. The minimum Gasteiger partial charge on any atom is -0.307 e. The highest BCUT2D eigenvalue weighted by molar-refractivity contribution is 7.03. The quantitative estimate of drug-likeness (QED) is 0.631. The van der Waals surface area contributed by atoms with E-state index in [0.717, 1.165) is 12.5 Å². The van der Waals surface area contributed by atoms with E-state index < -0.39 is 0 Å². The van der Waals surface area contributed by atoms with Crippen LogP contribution in [0.1, 0.15) is 30.1 Å². The van der Waals surface area contributed by atoms with Crippen LogP contribution in [0.2, 0.25) is 0 Å². The average Bonchev–Trinajstić information content (AvgIpc) is 2.58. The second kappa shape index (κ2) is 2.05. The number of nitrogens with zero attached hydrogens (tertiary/aromatic N) is 1. The van der Waals surface area contributed by atoms with Crippen molar-refractivity contribution >= 4 is 11.5 Å². The lowest BCUT2D eigenvalue weighted by molar-refractivity contribution is 0.511. The Morgan fingerprint density at radius 2 is 2.55 bits per heavy atom. The second-order valence-electron chi connectivity index (χ2n) is 3.41. The zero-order chi connectivity index (χ0) is 7.26. The van der Waals surface area contributed by atoms with Gasteiger partial charge in [-0.05, 0) is 24.4 Å². The lowest BCUT2D eigenvalue weighted by Crippen LogP contribution is -2.31. The molecule has 58 valence electrons. The minimum absolute atomic E-state index is 0.641. The largest absolute Gasteiger partial charge is 0.307 e. The summed E-state index contributed by atoms with van der Waals surface area (Å²) in [4.78, 5) is 0. The third-order valence-corrected chi connectivity index (χ3v) is 3.42. The van der Waals surface area contributed by atoms with Crippen molar-refractivity contribution in [2.24, 2.45) is 0 Å². The van der Waals surface area contributed by atoms with E-state index in [4.69, 9.17) is 0 Å². The van der Waals surface area contributed by atoms with Gasteiger partial charge in [-0.1, -0.05) is 0 Å². The van der Waals surface area contributed by atoms with Gasteiger partial charge in [0, 0.05) is 29.4 Å². The first kappa shape index (κ1) is 6.14. The summed E-state index contributed by atoms with van der Waals surface area (Å²) in [5.74, 6) is 0. The Labute approximate surface area is 69.8 Å². The Hall–Kier alpha value is -0.410. The van der Waals surface area contributed by atoms with Gasteiger partial charge in [-0.15, -0.1) is 0 Å². The Morgan fingerprint density at radius 3 is 3.55 bits per heavy atom. The predicted molar refractivity (Wildman–Crippen MR) is 44.7 cm³/mol. The zero-order valence-electron chi connectivity index (χ0n) is 6.21. The second-order valence-corrected chi connectivity index (χ2v) is 4.04. The van der Waals surface area contributed by atoms with Crippen molar-refractivity contribution in [1.82, 2.24) is 9.69 Å². The molecule has 11 heavy (non-hydrogen) atoms. The SMILES string of the molecule is c1snc2c1C1CCC(C2)N1. The molecule has 2 unspecified atom stereocenters. The van der Waals surface area contributed by atoms with Crippen molar-refractivity contribution in [2.75, 3.05) is 0 Å². The van der Waals surface area contributed by atoms with Crippen molar-refractivity contribution in [3.05, 3.63) is 16.6 Å². The Balaban J connectivity index is 2.12. The summed E-state index contributed by atoms with van der Waals surface area (Å²) in [5, 5.41) is 5.80. The van der Waals surface area contributed by atoms with Crippen LogP contribution in [-0.2, 0) is 6.42 Å². The van der Waals surface area contributed by atoms with Crippen molar-refractivity contribution in [3.63, 3.8) is 0 Å². The molecule has 0 radical (unpaired) electrons. The van der Waals surface area contributed by atoms with Gasteiger partial charge in [0.05, 0.1) is 5.69 Å². The number of hydrogen-bond acceptors (Lipinski definition) is 3. The van der Waals surface area contributed by atoms with E-state index in [1.54, 1.807) is 11.5 Å². The standard InChI is InChI=1S/C8H10N2S/c1-2-7-6-4-11-10-8(6)3-5(1)9-7/h4-5,7,9H,1-3H2. The van der Waals surface area contributed by atoms with Crippen LogP contribution in [-0.4, -0.2) is 10.4 Å². The van der Waals surface area contributed by atoms with Crippen LogP contribution in [0.5, 0.6) is 0 Å². The first-order valence-corrected chi connectivity index (χ1v) is 4.96. The fraction of sp³-hybridized carbons (Fsp3) is 0.625. The van der Waals surface area contributed by atoms with Gasteiger partial charge in [-0.3, -0.25) is 0 Å². The number of nitrogens with one attached hydrogen (secondary N) is 1. The smallest absolute Gasteiger partial charge is 0.0605 e. The molecule has 1 aromatic heterocycles. The number of fused-ring (bicyclic) bond motifs is 4. The molecule has 0 aromatic carbocycles. The summed E-state index contributed by atoms with van der Waals surface area (Å²) >= 11 is 1.61. The van der Waals surface area contributed by atoms with Crippen molar-refractivity contribution in [2.45, 2.75) is 31.3 Å². The molecular weight excluding hydrogens is 156 g/mol.